The SMILES string of the molecule is Cc1nc(-n2cc(-c3cnc(C(=O)Nc4ccc(C(=O)N5CCN(C(=O)C6CCNCC6)CC5)c(Cl)c4)n3C)c(C(F)(F)F)n2)ccc1N.O=CO. The van der Waals surface area contributed by atoms with Crippen LogP contribution in [0.2, 0.25) is 5.02 Å². The summed E-state index contributed by atoms with van der Waals surface area (Å²) in [7, 11) is 1.41. The van der Waals surface area contributed by atoms with E-state index < -0.39 is 17.8 Å². The largest absolute Gasteiger partial charge is 0.483 e. The van der Waals surface area contributed by atoms with Gasteiger partial charge in [-0.2, -0.15) is 18.3 Å². The molecule has 0 atom stereocenters. The van der Waals surface area contributed by atoms with Crippen LogP contribution < -0.4 is 16.4 Å². The lowest BCUT2D eigenvalue weighted by molar-refractivity contribution is -0.141. The predicted octanol–water partition coefficient (Wildman–Crippen LogP) is 3.47. The third kappa shape index (κ3) is 8.18. The normalized spacial score (nSPS) is 15.1. The molecule has 276 valence electrons. The number of alkyl halides is 3. The number of rotatable bonds is 6. The summed E-state index contributed by atoms with van der Waals surface area (Å²) in [5, 5.41) is 16.6. The lowest BCUT2D eigenvalue weighted by Gasteiger charge is -2.37. The summed E-state index contributed by atoms with van der Waals surface area (Å²) in [5.74, 6) is -0.909. The number of carboxylic acid groups (broad SMARTS) is 1. The Morgan fingerprint density at radius 1 is 1.08 bits per heavy atom. The van der Waals surface area contributed by atoms with Crippen molar-refractivity contribution in [1.82, 2.24) is 39.4 Å². The molecule has 0 spiro atoms. The first kappa shape index (κ1) is 37.8. The molecule has 3 aromatic heterocycles. The van der Waals surface area contributed by atoms with Gasteiger partial charge in [0.25, 0.3) is 18.3 Å². The van der Waals surface area contributed by atoms with E-state index in [0.29, 0.717) is 37.6 Å². The van der Waals surface area contributed by atoms with Gasteiger partial charge in [0.15, 0.2) is 17.3 Å². The molecule has 0 aliphatic carbocycles. The summed E-state index contributed by atoms with van der Waals surface area (Å²) in [6.45, 7) is 4.65. The van der Waals surface area contributed by atoms with Crippen LogP contribution in [-0.4, -0.2) is 103 Å². The van der Waals surface area contributed by atoms with Gasteiger partial charge in [-0.15, -0.1) is 0 Å². The Morgan fingerprint density at radius 3 is 2.35 bits per heavy atom. The summed E-state index contributed by atoms with van der Waals surface area (Å²) < 4.78 is 44.4. The smallest absolute Gasteiger partial charge is 0.435 e. The van der Waals surface area contributed by atoms with E-state index >= 15 is 0 Å². The highest BCUT2D eigenvalue weighted by atomic mass is 35.5. The van der Waals surface area contributed by atoms with Gasteiger partial charge in [0.2, 0.25) is 5.91 Å². The van der Waals surface area contributed by atoms with Crippen LogP contribution in [-0.2, 0) is 22.8 Å². The zero-order valence-corrected chi connectivity index (χ0v) is 28.9. The number of carbonyl (C=O) groups is 4. The van der Waals surface area contributed by atoms with Crippen molar-refractivity contribution < 1.29 is 37.5 Å². The standard InChI is InChI=1S/C32H34ClF3N10O3.CH2O2/c1-18-24(37)5-6-26(40-18)46-17-22(27(42-46)32(34,35)36)25-16-39-28(43(25)2)29(47)41-20-3-4-21(23(33)15-20)31(49)45-13-11-44(12-14-45)30(48)19-7-9-38-10-8-19;2-1-3/h3-6,15-17,19,38H,7-14,37H2,1-2H3,(H,41,47);1H,(H,2,3). The molecule has 3 amide bonds. The molecule has 6 rings (SSSR count). The molecule has 2 aliphatic rings. The zero-order chi connectivity index (χ0) is 37.7. The highest BCUT2D eigenvalue weighted by Crippen LogP contribution is 2.37. The number of amides is 3. The molecule has 0 radical (unpaired) electrons. The van der Waals surface area contributed by atoms with Crippen molar-refractivity contribution in [3.63, 3.8) is 0 Å². The molecule has 2 fully saturated rings. The Hall–Kier alpha value is -5.49. The molecule has 2 saturated heterocycles. The van der Waals surface area contributed by atoms with Crippen molar-refractivity contribution in [2.24, 2.45) is 13.0 Å². The summed E-state index contributed by atoms with van der Waals surface area (Å²) >= 11 is 6.48. The Morgan fingerprint density at radius 2 is 1.73 bits per heavy atom. The minimum absolute atomic E-state index is 0.00702. The Labute approximate surface area is 300 Å². The molecule has 15 nitrogen and oxygen atoms in total. The maximum Gasteiger partial charge on any atom is 0.435 e. The fraction of sp³-hybridized carbons (Fsp3) is 0.364. The highest BCUT2D eigenvalue weighted by molar-refractivity contribution is 6.34. The van der Waals surface area contributed by atoms with E-state index in [9.17, 15) is 27.6 Å². The van der Waals surface area contributed by atoms with E-state index in [-0.39, 0.29) is 63.4 Å². The van der Waals surface area contributed by atoms with Crippen molar-refractivity contribution in [1.29, 1.82) is 0 Å². The number of nitrogens with one attached hydrogen (secondary N) is 2. The van der Waals surface area contributed by atoms with Crippen LogP contribution in [0.1, 0.15) is 45.2 Å². The lowest BCUT2D eigenvalue weighted by Crippen LogP contribution is -2.52. The topological polar surface area (TPSA) is 194 Å². The number of hydrogen-bond acceptors (Lipinski definition) is 9. The molecule has 2 aliphatic heterocycles. The fourth-order valence-electron chi connectivity index (χ4n) is 6.03. The Balaban J connectivity index is 0.00000168. The summed E-state index contributed by atoms with van der Waals surface area (Å²) in [6.07, 6.45) is -0.871. The minimum atomic E-state index is -4.82. The number of halogens is 4. The summed E-state index contributed by atoms with van der Waals surface area (Å²) in [6, 6.07) is 7.39. The number of carbonyl (C=O) groups excluding carboxylic acids is 3. The van der Waals surface area contributed by atoms with Crippen LogP contribution in [0.3, 0.4) is 0 Å². The number of nitrogens with two attached hydrogens (primary N) is 1. The predicted molar refractivity (Wildman–Crippen MR) is 184 cm³/mol. The van der Waals surface area contributed by atoms with Gasteiger partial charge in [0.1, 0.15) is 0 Å². The minimum Gasteiger partial charge on any atom is -0.483 e. The van der Waals surface area contributed by atoms with Crippen molar-refractivity contribution >= 4 is 47.2 Å². The van der Waals surface area contributed by atoms with Gasteiger partial charge in [-0.3, -0.25) is 19.2 Å². The third-order valence-corrected chi connectivity index (χ3v) is 9.13. The van der Waals surface area contributed by atoms with E-state index in [2.05, 4.69) is 25.7 Å². The average Bonchev–Trinajstić information content (AvgIpc) is 3.74. The molecule has 4 aromatic rings. The van der Waals surface area contributed by atoms with Crippen LogP contribution in [0.5, 0.6) is 0 Å². The van der Waals surface area contributed by atoms with Gasteiger partial charge in [0, 0.05) is 51.0 Å². The molecule has 5 heterocycles. The number of nitrogens with zero attached hydrogens (tertiary/aromatic N) is 7. The van der Waals surface area contributed by atoms with E-state index in [0.717, 1.165) is 36.8 Å². The lowest BCUT2D eigenvalue weighted by atomic mass is 9.96. The second kappa shape index (κ2) is 15.8. The molecule has 19 heteroatoms. The average molecular weight is 745 g/mol. The van der Waals surface area contributed by atoms with Gasteiger partial charge < -0.3 is 35.8 Å². The van der Waals surface area contributed by atoms with Crippen molar-refractivity contribution in [3.8, 4) is 17.1 Å². The molecule has 0 bridgehead atoms. The van der Waals surface area contributed by atoms with Gasteiger partial charge in [-0.25, -0.2) is 14.6 Å². The van der Waals surface area contributed by atoms with E-state index in [1.807, 2.05) is 4.90 Å². The fourth-order valence-corrected chi connectivity index (χ4v) is 6.29. The molecule has 5 N–H and O–H groups in total. The van der Waals surface area contributed by atoms with Crippen molar-refractivity contribution in [3.05, 3.63) is 70.5 Å². The Bertz CT molecular complexity index is 1970. The maximum absolute atomic E-state index is 14.1. The highest BCUT2D eigenvalue weighted by Gasteiger charge is 2.39. The number of hydrogen-bond donors (Lipinski definition) is 4. The molecular formula is C33H36ClF3N10O5. The van der Waals surface area contributed by atoms with Crippen molar-refractivity contribution in [2.75, 3.05) is 50.3 Å². The van der Waals surface area contributed by atoms with E-state index in [1.54, 1.807) is 11.8 Å². The van der Waals surface area contributed by atoms with Crippen LogP contribution in [0.15, 0.2) is 42.7 Å². The number of imidazole rings is 1. The molecule has 52 heavy (non-hydrogen) atoms. The second-order valence-electron chi connectivity index (χ2n) is 12.1. The number of pyridine rings is 1. The number of piperazine rings is 1. The van der Waals surface area contributed by atoms with Crippen LogP contribution in [0, 0.1) is 12.8 Å². The first-order valence-corrected chi connectivity index (χ1v) is 16.5. The van der Waals surface area contributed by atoms with Gasteiger partial charge in [-0.05, 0) is 63.2 Å². The molecule has 1 aromatic carbocycles. The third-order valence-electron chi connectivity index (χ3n) is 8.82. The number of anilines is 2. The van der Waals surface area contributed by atoms with Crippen LogP contribution >= 0.6 is 11.6 Å². The number of piperidine rings is 1. The van der Waals surface area contributed by atoms with Crippen LogP contribution in [0.25, 0.3) is 17.1 Å². The first-order valence-electron chi connectivity index (χ1n) is 16.1. The number of nitrogen functional groups attached to an aromatic ring is 1. The summed E-state index contributed by atoms with van der Waals surface area (Å²) in [5.41, 5.74) is 5.61. The van der Waals surface area contributed by atoms with Crippen molar-refractivity contribution in [2.45, 2.75) is 25.9 Å². The first-order chi connectivity index (χ1) is 24.7. The monoisotopic (exact) mass is 744 g/mol. The second-order valence-corrected chi connectivity index (χ2v) is 12.5. The Kier molecular flexibility index (Phi) is 11.5. The number of aryl methyl sites for hydroxylation is 1. The molecule has 0 saturated carbocycles. The van der Waals surface area contributed by atoms with Gasteiger partial charge in [-0.1, -0.05) is 11.6 Å². The molecular weight excluding hydrogens is 709 g/mol. The van der Waals surface area contributed by atoms with Gasteiger partial charge in [0.05, 0.1) is 39.4 Å². The van der Waals surface area contributed by atoms with Gasteiger partial charge >= 0.3 is 6.18 Å². The number of aromatic nitrogens is 5. The number of benzene rings is 1. The van der Waals surface area contributed by atoms with E-state index in [4.69, 9.17) is 27.2 Å². The quantitative estimate of drug-likeness (QED) is 0.213. The maximum atomic E-state index is 14.1. The summed E-state index contributed by atoms with van der Waals surface area (Å²) in [4.78, 5) is 59.5. The molecule has 0 unspecified atom stereocenters. The van der Waals surface area contributed by atoms with Crippen LogP contribution in [0.4, 0.5) is 24.5 Å². The van der Waals surface area contributed by atoms with E-state index in [1.165, 1.54) is 48.1 Å². The zero-order valence-electron chi connectivity index (χ0n) is 28.2.